The number of nitrogens with zero attached hydrogens (tertiary/aromatic N) is 4. The zero-order chi connectivity index (χ0) is 23.8. The predicted octanol–water partition coefficient (Wildman–Crippen LogP) is 3.97. The lowest BCUT2D eigenvalue weighted by Crippen LogP contribution is -2.23. The van der Waals surface area contributed by atoms with Crippen LogP contribution in [0, 0.1) is 0 Å². The minimum Gasteiger partial charge on any atom is -0.497 e. The Morgan fingerprint density at radius 1 is 1.06 bits per heavy atom. The van der Waals surface area contributed by atoms with Crippen molar-refractivity contribution in [1.29, 1.82) is 0 Å². The highest BCUT2D eigenvalue weighted by atomic mass is 19.4. The molecule has 0 saturated carbocycles. The van der Waals surface area contributed by atoms with Crippen LogP contribution < -0.4 is 16.2 Å². The average Bonchev–Trinajstić information content (AvgIpc) is 3.07. The number of ether oxygens (including phenoxy) is 1. The molecule has 0 spiro atoms. The van der Waals surface area contributed by atoms with E-state index in [1.54, 1.807) is 49.2 Å². The Bertz CT molecular complexity index is 1360. The molecule has 0 aliphatic carbocycles. The van der Waals surface area contributed by atoms with Gasteiger partial charge in [-0.2, -0.15) is 13.2 Å². The van der Waals surface area contributed by atoms with Crippen molar-refractivity contribution in [1.82, 2.24) is 19.1 Å². The Kier molecular flexibility index (Phi) is 5.67. The van der Waals surface area contributed by atoms with E-state index in [1.807, 2.05) is 12.1 Å². The number of hydrogen-bond donors (Lipinski definition) is 1. The maximum absolute atomic E-state index is 13.3. The number of aromatic nitrogens is 4. The molecule has 3 heterocycles. The SMILES string of the molecule is COc1ccc(Cn2c(-c3cc(-c4cnc(N)c(C(F)(F)F)c4)ccn3)cn(C)c2=O)cc1. The second-order valence-corrected chi connectivity index (χ2v) is 7.43. The third kappa shape index (κ3) is 4.45. The number of alkyl halides is 3. The van der Waals surface area contributed by atoms with Gasteiger partial charge in [-0.25, -0.2) is 9.78 Å². The number of anilines is 1. The largest absolute Gasteiger partial charge is 0.497 e. The molecular formula is C23H20F3N5O2. The summed E-state index contributed by atoms with van der Waals surface area (Å²) in [5.41, 5.74) is 6.69. The number of pyridine rings is 2. The minimum atomic E-state index is -4.62. The van der Waals surface area contributed by atoms with Gasteiger partial charge in [0.05, 0.1) is 30.6 Å². The van der Waals surface area contributed by atoms with Gasteiger partial charge in [0.25, 0.3) is 0 Å². The van der Waals surface area contributed by atoms with Gasteiger partial charge in [0, 0.05) is 31.2 Å². The van der Waals surface area contributed by atoms with Crippen molar-refractivity contribution < 1.29 is 17.9 Å². The molecule has 7 nitrogen and oxygen atoms in total. The summed E-state index contributed by atoms with van der Waals surface area (Å²) in [6, 6.07) is 11.5. The molecule has 0 fully saturated rings. The Morgan fingerprint density at radius 3 is 2.45 bits per heavy atom. The van der Waals surface area contributed by atoms with E-state index in [9.17, 15) is 18.0 Å². The number of rotatable bonds is 5. The number of benzene rings is 1. The van der Waals surface area contributed by atoms with Gasteiger partial charge < -0.3 is 15.0 Å². The molecule has 0 bridgehead atoms. The van der Waals surface area contributed by atoms with Gasteiger partial charge in [-0.1, -0.05) is 12.1 Å². The Labute approximate surface area is 186 Å². The first-order valence-corrected chi connectivity index (χ1v) is 9.86. The predicted molar refractivity (Wildman–Crippen MR) is 118 cm³/mol. The summed E-state index contributed by atoms with van der Waals surface area (Å²) in [5.74, 6) is 0.112. The average molecular weight is 455 g/mol. The fraction of sp³-hybridized carbons (Fsp3) is 0.174. The summed E-state index contributed by atoms with van der Waals surface area (Å²) >= 11 is 0. The van der Waals surface area contributed by atoms with E-state index in [0.29, 0.717) is 22.7 Å². The molecule has 0 unspecified atom stereocenters. The van der Waals surface area contributed by atoms with E-state index < -0.39 is 17.6 Å². The number of halogens is 3. The highest BCUT2D eigenvalue weighted by molar-refractivity contribution is 5.70. The molecule has 4 rings (SSSR count). The monoisotopic (exact) mass is 455 g/mol. The molecule has 0 saturated heterocycles. The van der Waals surface area contributed by atoms with Gasteiger partial charge in [-0.3, -0.25) is 9.55 Å². The minimum absolute atomic E-state index is 0.236. The van der Waals surface area contributed by atoms with E-state index in [-0.39, 0.29) is 17.8 Å². The maximum atomic E-state index is 13.3. The van der Waals surface area contributed by atoms with Crippen LogP contribution in [0.25, 0.3) is 22.5 Å². The molecule has 0 aliphatic rings. The van der Waals surface area contributed by atoms with E-state index in [1.165, 1.54) is 17.0 Å². The first-order valence-electron chi connectivity index (χ1n) is 9.86. The second-order valence-electron chi connectivity index (χ2n) is 7.43. The summed E-state index contributed by atoms with van der Waals surface area (Å²) in [4.78, 5) is 20.8. The zero-order valence-electron chi connectivity index (χ0n) is 17.8. The van der Waals surface area contributed by atoms with Crippen LogP contribution in [0.1, 0.15) is 11.1 Å². The van der Waals surface area contributed by atoms with Gasteiger partial charge >= 0.3 is 11.9 Å². The first kappa shape index (κ1) is 22.1. The van der Waals surface area contributed by atoms with Crippen LogP contribution in [-0.2, 0) is 19.8 Å². The summed E-state index contributed by atoms with van der Waals surface area (Å²) in [6.07, 6.45) is -0.232. The van der Waals surface area contributed by atoms with Crippen LogP contribution >= 0.6 is 0 Å². The molecular weight excluding hydrogens is 435 g/mol. The Balaban J connectivity index is 1.75. The Morgan fingerprint density at radius 2 is 1.79 bits per heavy atom. The lowest BCUT2D eigenvalue weighted by molar-refractivity contribution is -0.137. The second kappa shape index (κ2) is 8.45. The van der Waals surface area contributed by atoms with Gasteiger partial charge in [0.15, 0.2) is 0 Å². The van der Waals surface area contributed by atoms with Gasteiger partial charge in [0.2, 0.25) is 0 Å². The van der Waals surface area contributed by atoms with Crippen molar-refractivity contribution in [3.8, 4) is 28.3 Å². The maximum Gasteiger partial charge on any atom is 0.419 e. The van der Waals surface area contributed by atoms with Crippen LogP contribution in [0.4, 0.5) is 19.0 Å². The van der Waals surface area contributed by atoms with E-state index >= 15 is 0 Å². The van der Waals surface area contributed by atoms with Crippen molar-refractivity contribution >= 4 is 5.82 Å². The topological polar surface area (TPSA) is 88.0 Å². The van der Waals surface area contributed by atoms with Crippen LogP contribution in [0.2, 0.25) is 0 Å². The van der Waals surface area contributed by atoms with Crippen molar-refractivity contribution in [3.63, 3.8) is 0 Å². The number of aryl methyl sites for hydroxylation is 1. The summed E-state index contributed by atoms with van der Waals surface area (Å²) in [5, 5.41) is 0. The standard InChI is InChI=1S/C23H20F3N5O2/c1-30-13-20(31(22(30)32)12-14-3-5-17(33-2)6-4-14)19-10-15(7-8-28-19)16-9-18(23(24,25)26)21(27)29-11-16/h3-11,13H,12H2,1-2H3,(H2,27,29). The molecule has 3 aromatic heterocycles. The van der Waals surface area contributed by atoms with Crippen LogP contribution in [0.5, 0.6) is 5.75 Å². The highest BCUT2D eigenvalue weighted by Gasteiger charge is 2.34. The quantitative estimate of drug-likeness (QED) is 0.492. The van der Waals surface area contributed by atoms with Crippen LogP contribution in [-0.4, -0.2) is 26.2 Å². The van der Waals surface area contributed by atoms with Gasteiger partial charge in [0.1, 0.15) is 11.6 Å². The number of imidazole rings is 1. The third-order valence-corrected chi connectivity index (χ3v) is 5.22. The Hall–Kier alpha value is -4.08. The molecule has 0 amide bonds. The fourth-order valence-corrected chi connectivity index (χ4v) is 3.48. The first-order chi connectivity index (χ1) is 15.7. The molecule has 0 radical (unpaired) electrons. The van der Waals surface area contributed by atoms with Crippen LogP contribution in [0.15, 0.2) is 65.8 Å². The number of nitrogen functional groups attached to an aromatic ring is 1. The van der Waals surface area contributed by atoms with Crippen molar-refractivity contribution in [2.75, 3.05) is 12.8 Å². The zero-order valence-corrected chi connectivity index (χ0v) is 17.8. The number of hydrogen-bond acceptors (Lipinski definition) is 5. The van der Waals surface area contributed by atoms with Crippen molar-refractivity contribution in [2.45, 2.75) is 12.7 Å². The molecule has 10 heteroatoms. The third-order valence-electron chi connectivity index (χ3n) is 5.22. The molecule has 0 aliphatic heterocycles. The summed E-state index contributed by atoms with van der Waals surface area (Å²) < 4.78 is 47.9. The van der Waals surface area contributed by atoms with Crippen molar-refractivity contribution in [2.24, 2.45) is 7.05 Å². The molecule has 33 heavy (non-hydrogen) atoms. The fourth-order valence-electron chi connectivity index (χ4n) is 3.48. The smallest absolute Gasteiger partial charge is 0.419 e. The molecule has 1 aromatic carbocycles. The normalized spacial score (nSPS) is 11.5. The number of nitrogens with two attached hydrogens (primary N) is 1. The lowest BCUT2D eigenvalue weighted by Gasteiger charge is -2.12. The van der Waals surface area contributed by atoms with Gasteiger partial charge in [-0.05, 0) is 41.5 Å². The van der Waals surface area contributed by atoms with Gasteiger partial charge in [-0.15, -0.1) is 0 Å². The molecule has 170 valence electrons. The highest BCUT2D eigenvalue weighted by Crippen LogP contribution is 2.35. The molecule has 2 N–H and O–H groups in total. The molecule has 0 atom stereocenters. The van der Waals surface area contributed by atoms with E-state index in [0.717, 1.165) is 11.6 Å². The van der Waals surface area contributed by atoms with E-state index in [2.05, 4.69) is 9.97 Å². The number of methoxy groups -OCH3 is 1. The summed E-state index contributed by atoms with van der Waals surface area (Å²) in [6.45, 7) is 0.284. The van der Waals surface area contributed by atoms with Crippen molar-refractivity contribution in [3.05, 3.63) is 82.7 Å². The lowest BCUT2D eigenvalue weighted by atomic mass is 10.0. The summed E-state index contributed by atoms with van der Waals surface area (Å²) in [7, 11) is 3.20. The van der Waals surface area contributed by atoms with E-state index in [4.69, 9.17) is 10.5 Å². The molecule has 4 aromatic rings. The van der Waals surface area contributed by atoms with Crippen LogP contribution in [0.3, 0.4) is 0 Å².